The molecule has 5 rings (SSSR count). The first-order valence-electron chi connectivity index (χ1n) is 11.0. The number of ketones is 1. The third-order valence-corrected chi connectivity index (χ3v) is 7.69. The predicted octanol–water partition coefficient (Wildman–Crippen LogP) is 3.39. The third-order valence-electron chi connectivity index (χ3n) is 6.37. The van der Waals surface area contributed by atoms with Crippen LogP contribution in [0.25, 0.3) is 11.1 Å². The Morgan fingerprint density at radius 2 is 1.82 bits per heavy atom. The molecule has 1 atom stereocenters. The van der Waals surface area contributed by atoms with Gasteiger partial charge in [-0.15, -0.1) is 0 Å². The Labute approximate surface area is 201 Å². The summed E-state index contributed by atoms with van der Waals surface area (Å²) in [5.41, 5.74) is 4.10. The van der Waals surface area contributed by atoms with E-state index in [1.165, 1.54) is 0 Å². The normalized spacial score (nSPS) is 16.1. The van der Waals surface area contributed by atoms with E-state index in [4.69, 9.17) is 14.5 Å². The SMILES string of the molecule is Cc1nc(CC(=O)C2(c3ccc4c(c3)OCO4)CC2)ccc1-c1cccc(S(=O)N(C)C)c1.O. The van der Waals surface area contributed by atoms with E-state index < -0.39 is 16.4 Å². The van der Waals surface area contributed by atoms with Gasteiger partial charge in [-0.05, 0) is 75.3 Å². The molecular formula is C26H28N2O5S. The molecule has 1 aliphatic carbocycles. The summed E-state index contributed by atoms with van der Waals surface area (Å²) < 4.78 is 25.0. The van der Waals surface area contributed by atoms with E-state index in [1.54, 1.807) is 18.4 Å². The second kappa shape index (κ2) is 9.29. The number of fused-ring (bicyclic) bond motifs is 1. The monoisotopic (exact) mass is 480 g/mol. The van der Waals surface area contributed by atoms with Crippen molar-refractivity contribution in [3.05, 3.63) is 71.5 Å². The fourth-order valence-corrected chi connectivity index (χ4v) is 5.23. The second-order valence-corrected chi connectivity index (χ2v) is 10.5. The molecule has 0 spiro atoms. The summed E-state index contributed by atoms with van der Waals surface area (Å²) in [4.78, 5) is 18.8. The van der Waals surface area contributed by atoms with Crippen molar-refractivity contribution in [2.24, 2.45) is 0 Å². The summed E-state index contributed by atoms with van der Waals surface area (Å²) in [6, 6.07) is 17.4. The lowest BCUT2D eigenvalue weighted by Gasteiger charge is -2.16. The van der Waals surface area contributed by atoms with Gasteiger partial charge in [-0.25, -0.2) is 8.51 Å². The molecule has 1 unspecified atom stereocenters. The number of rotatable bonds is 7. The third kappa shape index (κ3) is 4.36. The minimum Gasteiger partial charge on any atom is -0.454 e. The maximum absolute atomic E-state index is 13.3. The minimum atomic E-state index is -1.21. The van der Waals surface area contributed by atoms with Gasteiger partial charge in [-0.2, -0.15) is 0 Å². The van der Waals surface area contributed by atoms with Crippen molar-refractivity contribution in [3.63, 3.8) is 0 Å². The topological polar surface area (TPSA) is 100 Å². The number of pyridine rings is 1. The highest BCUT2D eigenvalue weighted by molar-refractivity contribution is 7.82. The molecule has 0 saturated heterocycles. The molecule has 8 heteroatoms. The van der Waals surface area contributed by atoms with Gasteiger partial charge in [0.2, 0.25) is 6.79 Å². The molecule has 0 bridgehead atoms. The van der Waals surface area contributed by atoms with E-state index in [0.29, 0.717) is 12.2 Å². The molecule has 2 heterocycles. The van der Waals surface area contributed by atoms with Crippen molar-refractivity contribution in [1.82, 2.24) is 9.29 Å². The van der Waals surface area contributed by atoms with Gasteiger partial charge in [-0.3, -0.25) is 9.78 Å². The number of hydrogen-bond donors (Lipinski definition) is 0. The molecule has 178 valence electrons. The lowest BCUT2D eigenvalue weighted by molar-refractivity contribution is -0.120. The van der Waals surface area contributed by atoms with E-state index in [2.05, 4.69) is 0 Å². The minimum absolute atomic E-state index is 0. The molecule has 0 amide bonds. The molecular weight excluding hydrogens is 452 g/mol. The fourth-order valence-electron chi connectivity index (χ4n) is 4.38. The molecule has 7 nitrogen and oxygen atoms in total. The Bertz CT molecular complexity index is 1270. The molecule has 2 N–H and O–H groups in total. The smallest absolute Gasteiger partial charge is 0.231 e. The van der Waals surface area contributed by atoms with Crippen LogP contribution >= 0.6 is 0 Å². The first kappa shape index (κ1) is 24.1. The van der Waals surface area contributed by atoms with Crippen LogP contribution in [-0.4, -0.2) is 45.6 Å². The van der Waals surface area contributed by atoms with E-state index >= 15 is 0 Å². The van der Waals surface area contributed by atoms with Crippen LogP contribution in [0.3, 0.4) is 0 Å². The van der Waals surface area contributed by atoms with E-state index in [-0.39, 0.29) is 18.1 Å². The highest BCUT2D eigenvalue weighted by Crippen LogP contribution is 2.51. The fraction of sp³-hybridized carbons (Fsp3) is 0.308. The zero-order valence-corrected chi connectivity index (χ0v) is 20.3. The van der Waals surface area contributed by atoms with E-state index in [9.17, 15) is 9.00 Å². The Morgan fingerprint density at radius 3 is 2.53 bits per heavy atom. The van der Waals surface area contributed by atoms with Crippen LogP contribution in [0.15, 0.2) is 59.5 Å². The summed E-state index contributed by atoms with van der Waals surface area (Å²) in [5, 5.41) is 0. The van der Waals surface area contributed by atoms with E-state index in [0.717, 1.165) is 51.6 Å². The summed E-state index contributed by atoms with van der Waals surface area (Å²) in [7, 11) is 2.37. The zero-order valence-electron chi connectivity index (χ0n) is 19.5. The summed E-state index contributed by atoms with van der Waals surface area (Å²) in [6.07, 6.45) is 1.98. The van der Waals surface area contributed by atoms with Crippen molar-refractivity contribution >= 4 is 16.8 Å². The Morgan fingerprint density at radius 1 is 1.06 bits per heavy atom. The van der Waals surface area contributed by atoms with Crippen molar-refractivity contribution in [3.8, 4) is 22.6 Å². The van der Waals surface area contributed by atoms with E-state index in [1.807, 2.05) is 61.5 Å². The molecule has 1 aromatic heterocycles. The standard InChI is InChI=1S/C26H26N2O4S.H2O/c1-17-22(18-5-4-6-21(13-18)33(30)28(2)3)9-8-20(27-17)15-25(29)26(11-12-26)19-7-10-23-24(14-19)32-16-31-23;/h4-10,13-14H,11-12,15-16H2,1-3H3;1H2. The summed E-state index contributed by atoms with van der Waals surface area (Å²) >= 11 is 0. The molecule has 1 fully saturated rings. The van der Waals surface area contributed by atoms with Crippen molar-refractivity contribution < 1.29 is 24.0 Å². The lowest BCUT2D eigenvalue weighted by Crippen LogP contribution is -2.23. The Kier molecular flexibility index (Phi) is 6.58. The Hall–Kier alpha value is -3.07. The number of nitrogens with zero attached hydrogens (tertiary/aromatic N) is 2. The van der Waals surface area contributed by atoms with Crippen molar-refractivity contribution in [2.45, 2.75) is 36.5 Å². The molecule has 2 aromatic carbocycles. The van der Waals surface area contributed by atoms with Crippen LogP contribution in [0.4, 0.5) is 0 Å². The van der Waals surface area contributed by atoms with Crippen LogP contribution < -0.4 is 9.47 Å². The first-order chi connectivity index (χ1) is 15.9. The quantitative estimate of drug-likeness (QED) is 0.516. The molecule has 1 aliphatic heterocycles. The van der Waals surface area contributed by atoms with Gasteiger partial charge in [0.15, 0.2) is 11.5 Å². The molecule has 3 aromatic rings. The van der Waals surface area contributed by atoms with Gasteiger partial charge >= 0.3 is 0 Å². The molecule has 34 heavy (non-hydrogen) atoms. The maximum atomic E-state index is 13.3. The van der Waals surface area contributed by atoms with Crippen molar-refractivity contribution in [2.75, 3.05) is 20.9 Å². The number of carbonyl (C=O) groups excluding carboxylic acids is 1. The lowest BCUT2D eigenvalue weighted by atomic mass is 9.88. The number of aromatic nitrogens is 1. The highest BCUT2D eigenvalue weighted by atomic mass is 32.2. The van der Waals surface area contributed by atoms with Crippen molar-refractivity contribution in [1.29, 1.82) is 0 Å². The summed E-state index contributed by atoms with van der Waals surface area (Å²) in [5.74, 6) is 1.63. The first-order valence-corrected chi connectivity index (χ1v) is 12.1. The van der Waals surface area contributed by atoms with Gasteiger partial charge in [0.25, 0.3) is 0 Å². The van der Waals surface area contributed by atoms with Gasteiger partial charge in [-0.1, -0.05) is 24.3 Å². The molecule has 2 aliphatic rings. The maximum Gasteiger partial charge on any atom is 0.231 e. The van der Waals surface area contributed by atoms with Crippen LogP contribution in [0.2, 0.25) is 0 Å². The average molecular weight is 481 g/mol. The number of ether oxygens (including phenoxy) is 2. The summed E-state index contributed by atoms with van der Waals surface area (Å²) in [6.45, 7) is 2.17. The van der Waals surface area contributed by atoms with Crippen LogP contribution in [0.1, 0.15) is 29.8 Å². The van der Waals surface area contributed by atoms with Crippen LogP contribution in [-0.2, 0) is 27.6 Å². The highest BCUT2D eigenvalue weighted by Gasteiger charge is 2.51. The molecule has 0 radical (unpaired) electrons. The van der Waals surface area contributed by atoms with Gasteiger partial charge in [0, 0.05) is 23.4 Å². The van der Waals surface area contributed by atoms with Gasteiger partial charge in [0.1, 0.15) is 16.8 Å². The number of benzene rings is 2. The predicted molar refractivity (Wildman–Crippen MR) is 130 cm³/mol. The zero-order chi connectivity index (χ0) is 23.2. The number of hydrogen-bond acceptors (Lipinski definition) is 5. The van der Waals surface area contributed by atoms with Gasteiger partial charge < -0.3 is 14.9 Å². The largest absolute Gasteiger partial charge is 0.454 e. The van der Waals surface area contributed by atoms with Gasteiger partial charge in [0.05, 0.1) is 10.3 Å². The number of Topliss-reactive ketones (excluding diaryl/α,β-unsaturated/α-hetero) is 1. The molecule has 1 saturated carbocycles. The average Bonchev–Trinajstić information content (AvgIpc) is 3.49. The van der Waals surface area contributed by atoms with Crippen LogP contribution in [0, 0.1) is 6.92 Å². The van der Waals surface area contributed by atoms with Crippen LogP contribution in [0.5, 0.6) is 11.5 Å². The second-order valence-electron chi connectivity index (χ2n) is 8.78. The number of carbonyl (C=O) groups is 1. The number of aryl methyl sites for hydroxylation is 1. The Balaban J connectivity index is 0.00000274.